The van der Waals surface area contributed by atoms with E-state index in [1.165, 1.54) is 24.3 Å². The average Bonchev–Trinajstić information content (AvgIpc) is 2.79. The molecule has 0 aliphatic heterocycles. The number of carbonyl (C=O) groups excluding carboxylic acids is 1. The van der Waals surface area contributed by atoms with Gasteiger partial charge in [0.1, 0.15) is 0 Å². The summed E-state index contributed by atoms with van der Waals surface area (Å²) < 4.78 is 30.7. The molecule has 0 spiro atoms. The maximum Gasteiger partial charge on any atom is 0.335 e. The van der Waals surface area contributed by atoms with Crippen LogP contribution in [0.4, 0.5) is 11.4 Å². The monoisotopic (exact) mass is 470 g/mol. The number of non-ortho nitro benzene ring substituents is 1. The molecule has 170 valence electrons. The van der Waals surface area contributed by atoms with Crippen molar-refractivity contribution in [3.8, 4) is 0 Å². The van der Waals surface area contributed by atoms with Gasteiger partial charge in [0.2, 0.25) is 0 Å². The van der Waals surface area contributed by atoms with E-state index in [-0.39, 0.29) is 28.3 Å². The van der Waals surface area contributed by atoms with Crippen molar-refractivity contribution in [3.63, 3.8) is 0 Å². The Kier molecular flexibility index (Phi) is 7.16. The Morgan fingerprint density at radius 1 is 0.970 bits per heavy atom. The lowest BCUT2D eigenvalue weighted by molar-refractivity contribution is -0.384. The molecule has 0 unspecified atom stereocenters. The summed E-state index contributed by atoms with van der Waals surface area (Å²) in [6.07, 6.45) is -1.54. The Balaban J connectivity index is 1.84. The van der Waals surface area contributed by atoms with Crippen LogP contribution in [0, 0.1) is 10.1 Å². The number of nitro groups is 1. The number of nitrogens with one attached hydrogen (secondary N) is 1. The molecule has 2 N–H and O–H groups in total. The number of aromatic carboxylic acids is 1. The van der Waals surface area contributed by atoms with Gasteiger partial charge < -0.3 is 10.4 Å². The van der Waals surface area contributed by atoms with Gasteiger partial charge in [-0.15, -0.1) is 0 Å². The Morgan fingerprint density at radius 3 is 2.12 bits per heavy atom. The van der Waals surface area contributed by atoms with Gasteiger partial charge in [0.15, 0.2) is 6.10 Å². The molecule has 3 rings (SSSR count). The number of rotatable bonds is 9. The number of nitrogens with zero attached hydrogens (tertiary/aromatic N) is 1. The molecule has 0 aliphatic carbocycles. The van der Waals surface area contributed by atoms with Crippen molar-refractivity contribution in [3.05, 3.63) is 100 Å². The molecule has 10 nitrogen and oxygen atoms in total. The van der Waals surface area contributed by atoms with Crippen LogP contribution in [0.3, 0.4) is 0 Å². The highest BCUT2D eigenvalue weighted by Crippen LogP contribution is 2.21. The second-order valence-electron chi connectivity index (χ2n) is 6.85. The number of hydrogen-bond donors (Lipinski definition) is 2. The van der Waals surface area contributed by atoms with Gasteiger partial charge >= 0.3 is 5.97 Å². The predicted molar refractivity (Wildman–Crippen MR) is 117 cm³/mol. The summed E-state index contributed by atoms with van der Waals surface area (Å²) in [5.41, 5.74) is 0.611. The van der Waals surface area contributed by atoms with E-state index in [2.05, 4.69) is 5.32 Å². The molecule has 0 heterocycles. The molecule has 1 atom stereocenters. The quantitative estimate of drug-likeness (QED) is 0.274. The van der Waals surface area contributed by atoms with E-state index in [1.54, 1.807) is 30.3 Å². The van der Waals surface area contributed by atoms with Crippen molar-refractivity contribution in [2.75, 3.05) is 5.32 Å². The molecular weight excluding hydrogens is 452 g/mol. The first-order valence-electron chi connectivity index (χ1n) is 9.51. The molecule has 1 amide bonds. The van der Waals surface area contributed by atoms with Crippen LogP contribution >= 0.6 is 0 Å². The lowest BCUT2D eigenvalue weighted by atomic mass is 10.1. The molecule has 0 fully saturated rings. The zero-order valence-corrected chi connectivity index (χ0v) is 17.8. The zero-order chi connectivity index (χ0) is 24.0. The standard InChI is InChI=1S/C22H18N2O8S/c25-21(23-17-8-6-16(7-9-17)22(26)27)20(14-15-4-2-1-3-5-15)32-33(30,31)19-12-10-18(11-13-19)24(28)29/h1-13,20H,14H2,(H,23,25)(H,26,27)/t20-/m1/s1. The van der Waals surface area contributed by atoms with Crippen LogP contribution in [-0.2, 0) is 25.5 Å². The van der Waals surface area contributed by atoms with Gasteiger partial charge in [-0.3, -0.25) is 19.1 Å². The van der Waals surface area contributed by atoms with Crippen LogP contribution in [0.25, 0.3) is 0 Å². The first-order chi connectivity index (χ1) is 15.7. The van der Waals surface area contributed by atoms with E-state index >= 15 is 0 Å². The fourth-order valence-corrected chi connectivity index (χ4v) is 3.90. The summed E-state index contributed by atoms with van der Waals surface area (Å²) >= 11 is 0. The van der Waals surface area contributed by atoms with Crippen molar-refractivity contribution in [2.24, 2.45) is 0 Å². The predicted octanol–water partition coefficient (Wildman–Crippen LogP) is 3.25. The largest absolute Gasteiger partial charge is 0.478 e. The van der Waals surface area contributed by atoms with E-state index in [0.717, 1.165) is 24.3 Å². The van der Waals surface area contributed by atoms with Crippen LogP contribution in [0.2, 0.25) is 0 Å². The first-order valence-corrected chi connectivity index (χ1v) is 10.9. The molecule has 3 aromatic rings. The summed E-state index contributed by atoms with van der Waals surface area (Å²) in [6.45, 7) is 0. The SMILES string of the molecule is O=C(O)c1ccc(NC(=O)[C@@H](Cc2ccccc2)OS(=O)(=O)c2ccc([N+](=O)[O-])cc2)cc1. The Morgan fingerprint density at radius 2 is 1.58 bits per heavy atom. The molecule has 0 saturated heterocycles. The van der Waals surface area contributed by atoms with Crippen LogP contribution in [0.5, 0.6) is 0 Å². The number of amides is 1. The molecule has 0 saturated carbocycles. The lowest BCUT2D eigenvalue weighted by Gasteiger charge is -2.18. The molecule has 11 heteroatoms. The van der Waals surface area contributed by atoms with Gasteiger partial charge in [-0.25, -0.2) is 4.79 Å². The summed E-state index contributed by atoms with van der Waals surface area (Å²) in [7, 11) is -4.44. The summed E-state index contributed by atoms with van der Waals surface area (Å²) in [6, 6.07) is 18.0. The summed E-state index contributed by atoms with van der Waals surface area (Å²) in [5.74, 6) is -1.90. The number of carboxylic acid groups (broad SMARTS) is 1. The normalized spacial score (nSPS) is 12.0. The molecule has 0 bridgehead atoms. The van der Waals surface area contributed by atoms with Gasteiger partial charge in [-0.2, -0.15) is 8.42 Å². The van der Waals surface area contributed by atoms with Crippen molar-refractivity contribution in [1.29, 1.82) is 0 Å². The molecule has 0 aliphatic rings. The van der Waals surface area contributed by atoms with E-state index in [9.17, 15) is 28.1 Å². The number of anilines is 1. The van der Waals surface area contributed by atoms with Crippen LogP contribution in [-0.4, -0.2) is 36.4 Å². The Labute approximate surface area is 188 Å². The van der Waals surface area contributed by atoms with Crippen molar-refractivity contribution in [1.82, 2.24) is 0 Å². The molecule has 33 heavy (non-hydrogen) atoms. The molecular formula is C22H18N2O8S. The van der Waals surface area contributed by atoms with E-state index in [4.69, 9.17) is 9.29 Å². The Hall–Kier alpha value is -4.09. The number of carboxylic acids is 1. The second-order valence-corrected chi connectivity index (χ2v) is 8.42. The average molecular weight is 470 g/mol. The third-order valence-corrected chi connectivity index (χ3v) is 5.87. The molecule has 0 radical (unpaired) electrons. The number of hydrogen-bond acceptors (Lipinski definition) is 7. The van der Waals surface area contributed by atoms with Gasteiger partial charge in [-0.1, -0.05) is 30.3 Å². The maximum absolute atomic E-state index is 12.9. The van der Waals surface area contributed by atoms with Crippen LogP contribution < -0.4 is 5.32 Å². The molecule has 0 aromatic heterocycles. The van der Waals surface area contributed by atoms with Crippen molar-refractivity contribution < 1.29 is 32.2 Å². The van der Waals surface area contributed by atoms with Gasteiger partial charge in [-0.05, 0) is 42.0 Å². The third kappa shape index (κ3) is 6.21. The minimum Gasteiger partial charge on any atom is -0.478 e. The van der Waals surface area contributed by atoms with Gasteiger partial charge in [0, 0.05) is 24.2 Å². The van der Waals surface area contributed by atoms with Crippen molar-refractivity contribution in [2.45, 2.75) is 17.4 Å². The van der Waals surface area contributed by atoms with Crippen molar-refractivity contribution >= 4 is 33.4 Å². The smallest absolute Gasteiger partial charge is 0.335 e. The highest BCUT2D eigenvalue weighted by molar-refractivity contribution is 7.86. The third-order valence-electron chi connectivity index (χ3n) is 4.53. The van der Waals surface area contributed by atoms with Crippen LogP contribution in [0.1, 0.15) is 15.9 Å². The number of benzene rings is 3. The highest BCUT2D eigenvalue weighted by Gasteiger charge is 2.28. The van der Waals surface area contributed by atoms with Gasteiger partial charge in [0.25, 0.3) is 21.7 Å². The number of carbonyl (C=O) groups is 2. The van der Waals surface area contributed by atoms with Crippen LogP contribution in [0.15, 0.2) is 83.8 Å². The minimum absolute atomic E-state index is 0.0193. The summed E-state index contributed by atoms with van der Waals surface area (Å²) in [5, 5.41) is 22.3. The first kappa shape index (κ1) is 23.6. The maximum atomic E-state index is 12.9. The fraction of sp³-hybridized carbons (Fsp3) is 0.0909. The van der Waals surface area contributed by atoms with E-state index in [1.807, 2.05) is 0 Å². The topological polar surface area (TPSA) is 153 Å². The van der Waals surface area contributed by atoms with Gasteiger partial charge in [0.05, 0.1) is 15.4 Å². The van der Waals surface area contributed by atoms with E-state index in [0.29, 0.717) is 5.56 Å². The highest BCUT2D eigenvalue weighted by atomic mass is 32.2. The number of nitro benzene ring substituents is 1. The molecule has 3 aromatic carbocycles. The fourth-order valence-electron chi connectivity index (χ4n) is 2.86. The Bertz CT molecular complexity index is 1260. The summed E-state index contributed by atoms with van der Waals surface area (Å²) in [4.78, 5) is 33.7. The minimum atomic E-state index is -4.44. The lowest BCUT2D eigenvalue weighted by Crippen LogP contribution is -2.34. The van der Waals surface area contributed by atoms with E-state index < -0.39 is 33.0 Å². The second kappa shape index (κ2) is 10.0. The zero-order valence-electron chi connectivity index (χ0n) is 17.0.